The Hall–Kier alpha value is -7.69. The number of carbonyl (C=O) groups excluding carboxylic acids is 7. The highest BCUT2D eigenvalue weighted by atomic mass is 79.9. The highest BCUT2D eigenvalue weighted by molar-refractivity contribution is 9.10. The Morgan fingerprint density at radius 1 is 0.640 bits per heavy atom. The molecule has 1 amide bonds. The van der Waals surface area contributed by atoms with Crippen LogP contribution in [0.25, 0.3) is 0 Å². The molecule has 0 bridgehead atoms. The van der Waals surface area contributed by atoms with Crippen molar-refractivity contribution < 1.29 is 66.4 Å². The molecule has 0 saturated heterocycles. The molecule has 0 aromatic heterocycles. The number of fused-ring (bicyclic) bond motifs is 2. The lowest BCUT2D eigenvalue weighted by molar-refractivity contribution is -0.131. The van der Waals surface area contributed by atoms with Crippen molar-refractivity contribution in [3.05, 3.63) is 176 Å². The Morgan fingerprint density at radius 2 is 1.21 bits per heavy atom. The lowest BCUT2D eigenvalue weighted by atomic mass is 9.85. The summed E-state index contributed by atoms with van der Waals surface area (Å²) in [6.07, 6.45) is 9.93. The first kappa shape index (κ1) is 73.8. The molecule has 1 fully saturated rings. The predicted molar refractivity (Wildman–Crippen MR) is 350 cm³/mol. The zero-order valence-electron chi connectivity index (χ0n) is 53.0. The molecule has 17 heteroatoms. The quantitative estimate of drug-likeness (QED) is 0.0756. The number of nitrogens with one attached hydrogen (secondary N) is 1. The van der Waals surface area contributed by atoms with Crippen LogP contribution in [0, 0.1) is 18.7 Å². The van der Waals surface area contributed by atoms with Gasteiger partial charge in [-0.05, 0) is 123 Å². The third-order valence-corrected chi connectivity index (χ3v) is 15.4. The molecule has 0 radical (unpaired) electrons. The first-order valence-corrected chi connectivity index (χ1v) is 31.5. The van der Waals surface area contributed by atoms with Crippen LogP contribution in [0.5, 0.6) is 34.5 Å². The second-order valence-corrected chi connectivity index (χ2v) is 22.7. The van der Waals surface area contributed by atoms with Crippen molar-refractivity contribution in [2.24, 2.45) is 5.92 Å². The van der Waals surface area contributed by atoms with E-state index >= 15 is 0 Å². The molecule has 6 aromatic rings. The van der Waals surface area contributed by atoms with Crippen molar-refractivity contribution in [3.8, 4) is 34.5 Å². The molecule has 14 nitrogen and oxygen atoms in total. The van der Waals surface area contributed by atoms with E-state index in [2.05, 4.69) is 52.4 Å². The zero-order valence-corrected chi connectivity index (χ0v) is 55.3. The van der Waals surface area contributed by atoms with E-state index < -0.39 is 18.0 Å². The number of carbonyl (C=O) groups is 7. The summed E-state index contributed by atoms with van der Waals surface area (Å²) in [5, 5.41) is 2.83. The van der Waals surface area contributed by atoms with Crippen LogP contribution >= 0.6 is 27.5 Å². The number of aryl methyl sites for hydroxylation is 2. The molecule has 89 heavy (non-hydrogen) atoms. The summed E-state index contributed by atoms with van der Waals surface area (Å²) in [5.74, 6) is 3.77. The van der Waals surface area contributed by atoms with Crippen molar-refractivity contribution in [1.82, 2.24) is 5.32 Å². The van der Waals surface area contributed by atoms with Crippen LogP contribution in [-0.2, 0) is 32.0 Å². The van der Waals surface area contributed by atoms with E-state index in [1.807, 2.05) is 94.4 Å². The fourth-order valence-electron chi connectivity index (χ4n) is 9.56. The number of methoxy groups -OCH3 is 2. The molecule has 2 heterocycles. The van der Waals surface area contributed by atoms with Gasteiger partial charge in [0.1, 0.15) is 35.8 Å². The van der Waals surface area contributed by atoms with Gasteiger partial charge in [0, 0.05) is 61.5 Å². The van der Waals surface area contributed by atoms with Crippen LogP contribution in [0.4, 0.5) is 4.39 Å². The van der Waals surface area contributed by atoms with Crippen molar-refractivity contribution in [3.63, 3.8) is 0 Å². The summed E-state index contributed by atoms with van der Waals surface area (Å²) in [4.78, 5) is 80.4. The molecular weight excluding hydrogens is 1220 g/mol. The summed E-state index contributed by atoms with van der Waals surface area (Å²) in [7, 11) is 4.57. The standard InChI is InChI=1S/C16H20O3.C13H15ClO3.C12H14O3.C11H12FNO2.C11H14O2.C9H11Br/c17-13(10-12-6-2-1-3-7-12)16-11-18-14-8-4-5-9-15(14)19-16;1-4-12(16)10-7-11(14)9(5-8(2)15)6-13(10)17-3;1-3-9(13)12-8(2)14-10-6-4-5-7-11(10)15-12;1-13-11(15)7-6-10(14)8-4-2-3-5-9(8)12;1-4-10(12)9-6-5-8(2)7-11(9)13-3;1-2-3-8-4-6-9(10)7-5-8/h4-5,8-9,12,16H,1-3,6-7,10-11H2;6-7H,4-5H2,1-3H3;4-8,12H,3H2,1-2H3;2-5H,6-7H2,1H3,(H,13,15);5-7H,4H2,1-3H3;4-7H,2-3H2,1H3. The van der Waals surface area contributed by atoms with Crippen LogP contribution in [0.1, 0.15) is 166 Å². The van der Waals surface area contributed by atoms with Gasteiger partial charge in [-0.15, -0.1) is 0 Å². The number of benzene rings is 6. The minimum Gasteiger partial charge on any atom is -0.496 e. The maximum atomic E-state index is 13.1. The van der Waals surface area contributed by atoms with Gasteiger partial charge in [-0.1, -0.05) is 148 Å². The van der Waals surface area contributed by atoms with Gasteiger partial charge in [-0.2, -0.15) is 0 Å². The van der Waals surface area contributed by atoms with Crippen LogP contribution in [0.3, 0.4) is 0 Å². The molecular formula is C72H86BrClFNO13. The van der Waals surface area contributed by atoms with Crippen LogP contribution < -0.4 is 33.7 Å². The Balaban J connectivity index is 0.000000230. The molecule has 1 aliphatic carbocycles. The average molecular weight is 1310 g/mol. The molecule has 3 atom stereocenters. The highest BCUT2D eigenvalue weighted by Gasteiger charge is 2.33. The minimum atomic E-state index is -0.542. The van der Waals surface area contributed by atoms with E-state index in [0.717, 1.165) is 15.8 Å². The third-order valence-electron chi connectivity index (χ3n) is 14.5. The molecule has 9 rings (SSSR count). The fraction of sp³-hybridized carbons (Fsp3) is 0.403. The van der Waals surface area contributed by atoms with Crippen molar-refractivity contribution in [2.75, 3.05) is 27.9 Å². The zero-order chi connectivity index (χ0) is 65.4. The van der Waals surface area contributed by atoms with Gasteiger partial charge < -0.3 is 33.7 Å². The summed E-state index contributed by atoms with van der Waals surface area (Å²) >= 11 is 9.44. The summed E-state index contributed by atoms with van der Waals surface area (Å²) in [6, 6.07) is 38.1. The van der Waals surface area contributed by atoms with E-state index in [9.17, 15) is 38.0 Å². The number of rotatable bonds is 19. The van der Waals surface area contributed by atoms with E-state index in [1.165, 1.54) is 89.8 Å². The van der Waals surface area contributed by atoms with Crippen LogP contribution in [-0.4, -0.2) is 86.8 Å². The Bertz CT molecular complexity index is 3270. The number of ketones is 6. The second-order valence-electron chi connectivity index (χ2n) is 21.4. The number of amides is 1. The van der Waals surface area contributed by atoms with Gasteiger partial charge in [-0.3, -0.25) is 33.6 Å². The molecule has 3 aliphatic rings. The maximum Gasteiger partial charge on any atom is 0.220 e. The number of hydrogen-bond acceptors (Lipinski definition) is 13. The second kappa shape index (κ2) is 39.3. The summed E-state index contributed by atoms with van der Waals surface area (Å²) in [5.41, 5.74) is 4.39. The normalized spacial score (nSPS) is 15.0. The molecule has 1 N–H and O–H groups in total. The Labute approximate surface area is 538 Å². The number of Topliss-reactive ketones (excluding diaryl/α,β-unsaturated/α-hetero) is 6. The smallest absolute Gasteiger partial charge is 0.220 e. The molecule has 2 aliphatic heterocycles. The van der Waals surface area contributed by atoms with Crippen molar-refractivity contribution in [1.29, 1.82) is 0 Å². The number of ether oxygens (including phenoxy) is 6. The van der Waals surface area contributed by atoms with Crippen LogP contribution in [0.15, 0.2) is 132 Å². The minimum absolute atomic E-state index is 0.0171. The van der Waals surface area contributed by atoms with Crippen molar-refractivity contribution >= 4 is 68.1 Å². The van der Waals surface area contributed by atoms with E-state index in [0.29, 0.717) is 88.7 Å². The Morgan fingerprint density at radius 3 is 1.79 bits per heavy atom. The van der Waals surface area contributed by atoms with Gasteiger partial charge >= 0.3 is 0 Å². The summed E-state index contributed by atoms with van der Waals surface area (Å²) < 4.78 is 47.2. The fourth-order valence-corrected chi connectivity index (χ4v) is 10.1. The van der Waals surface area contributed by atoms with E-state index in [-0.39, 0.29) is 71.5 Å². The first-order valence-electron chi connectivity index (χ1n) is 30.4. The van der Waals surface area contributed by atoms with Crippen molar-refractivity contribution in [2.45, 2.75) is 157 Å². The SMILES string of the molecule is CCC(=O)C1Oc2ccccc2OC1C.CCC(=O)c1cc(Cl)c(CC(C)=O)cc1OC.CCC(=O)c1ccc(C)cc1OC.CCCc1ccc(Br)cc1.CNC(=O)CCC(=O)c1ccccc1F.O=C(CC1CCCCC1)C1COc2ccccc2O1. The Kier molecular flexibility index (Phi) is 32.6. The lowest BCUT2D eigenvalue weighted by Crippen LogP contribution is -2.43. The molecule has 6 aromatic carbocycles. The number of para-hydroxylation sites is 4. The number of hydrogen-bond donors (Lipinski definition) is 1. The number of halogens is 3. The third kappa shape index (κ3) is 24.7. The molecule has 0 spiro atoms. The molecule has 478 valence electrons. The van der Waals surface area contributed by atoms with E-state index in [1.54, 1.807) is 32.2 Å². The van der Waals surface area contributed by atoms with Gasteiger partial charge in [0.2, 0.25) is 5.91 Å². The van der Waals surface area contributed by atoms with Crippen LogP contribution in [0.2, 0.25) is 5.02 Å². The summed E-state index contributed by atoms with van der Waals surface area (Å²) in [6.45, 7) is 13.3. The monoisotopic (exact) mass is 1310 g/mol. The van der Waals surface area contributed by atoms with Gasteiger partial charge in [0.25, 0.3) is 0 Å². The predicted octanol–water partition coefficient (Wildman–Crippen LogP) is 16.2. The highest BCUT2D eigenvalue weighted by Crippen LogP contribution is 2.35. The van der Waals surface area contributed by atoms with Gasteiger partial charge in [0.05, 0.1) is 30.9 Å². The topological polar surface area (TPSA) is 187 Å². The van der Waals surface area contributed by atoms with E-state index in [4.69, 9.17) is 40.0 Å². The molecule has 1 saturated carbocycles. The largest absolute Gasteiger partial charge is 0.496 e. The maximum absolute atomic E-state index is 13.1. The molecule has 3 unspecified atom stereocenters. The van der Waals surface area contributed by atoms with Gasteiger partial charge in [0.15, 0.2) is 64.1 Å². The lowest BCUT2D eigenvalue weighted by Gasteiger charge is -2.30. The average Bonchev–Trinajstić information content (AvgIpc) is 3.75. The first-order chi connectivity index (χ1) is 42.7. The van der Waals surface area contributed by atoms with Gasteiger partial charge in [-0.25, -0.2) is 4.39 Å².